The number of imidazole rings is 1. The quantitative estimate of drug-likeness (QED) is 0.786. The molecular weight excluding hydrogens is 246 g/mol. The molecule has 2 aromatic rings. The number of aryl methyl sites for hydroxylation is 2. The van der Waals surface area contributed by atoms with Crippen molar-refractivity contribution in [2.24, 2.45) is 0 Å². The standard InChI is InChI=1S/C13H17N3OS/c1-2-10-5-9-18-12(10)13(17)16-6-3-4-11-14-7-8-15-11/h5,7-9H,2-4,6H2,1H3,(H,14,15)(H,16,17). The van der Waals surface area contributed by atoms with Gasteiger partial charge >= 0.3 is 0 Å². The van der Waals surface area contributed by atoms with Crippen LogP contribution in [0.3, 0.4) is 0 Å². The smallest absolute Gasteiger partial charge is 0.261 e. The van der Waals surface area contributed by atoms with Crippen LogP contribution in [-0.2, 0) is 12.8 Å². The van der Waals surface area contributed by atoms with Gasteiger partial charge < -0.3 is 10.3 Å². The maximum absolute atomic E-state index is 11.9. The Kier molecular flexibility index (Phi) is 4.52. The van der Waals surface area contributed by atoms with Gasteiger partial charge in [-0.3, -0.25) is 4.79 Å². The molecule has 0 saturated heterocycles. The molecule has 0 unspecified atom stereocenters. The van der Waals surface area contributed by atoms with E-state index in [0.717, 1.165) is 35.5 Å². The highest BCUT2D eigenvalue weighted by Gasteiger charge is 2.10. The van der Waals surface area contributed by atoms with Crippen LogP contribution in [0.4, 0.5) is 0 Å². The van der Waals surface area contributed by atoms with Crippen molar-refractivity contribution in [1.29, 1.82) is 0 Å². The number of carbonyl (C=O) groups is 1. The van der Waals surface area contributed by atoms with Crippen molar-refractivity contribution in [3.63, 3.8) is 0 Å². The first-order valence-electron chi connectivity index (χ1n) is 6.14. The lowest BCUT2D eigenvalue weighted by molar-refractivity contribution is 0.0956. The minimum atomic E-state index is 0.0429. The second-order valence-electron chi connectivity index (χ2n) is 4.02. The number of H-pyrrole nitrogens is 1. The third-order valence-corrected chi connectivity index (χ3v) is 3.72. The molecule has 0 aliphatic heterocycles. The molecule has 0 atom stereocenters. The maximum atomic E-state index is 11.9. The van der Waals surface area contributed by atoms with Gasteiger partial charge in [0.05, 0.1) is 4.88 Å². The van der Waals surface area contributed by atoms with Crippen LogP contribution >= 0.6 is 11.3 Å². The van der Waals surface area contributed by atoms with Crippen LogP contribution in [-0.4, -0.2) is 22.4 Å². The van der Waals surface area contributed by atoms with E-state index in [9.17, 15) is 4.79 Å². The largest absolute Gasteiger partial charge is 0.351 e. The summed E-state index contributed by atoms with van der Waals surface area (Å²) in [6, 6.07) is 2.02. The summed E-state index contributed by atoms with van der Waals surface area (Å²) in [6.07, 6.45) is 6.21. The number of thiophene rings is 1. The highest BCUT2D eigenvalue weighted by Crippen LogP contribution is 2.16. The molecule has 2 rings (SSSR count). The van der Waals surface area contributed by atoms with Gasteiger partial charge in [-0.2, -0.15) is 0 Å². The molecule has 2 aromatic heterocycles. The van der Waals surface area contributed by atoms with E-state index < -0.39 is 0 Å². The summed E-state index contributed by atoms with van der Waals surface area (Å²) in [5.74, 6) is 1.01. The van der Waals surface area contributed by atoms with Crippen molar-refractivity contribution >= 4 is 17.2 Å². The zero-order valence-electron chi connectivity index (χ0n) is 10.4. The Morgan fingerprint density at radius 1 is 1.56 bits per heavy atom. The molecule has 0 saturated carbocycles. The minimum Gasteiger partial charge on any atom is -0.351 e. The Hall–Kier alpha value is -1.62. The monoisotopic (exact) mass is 263 g/mol. The van der Waals surface area contributed by atoms with Gasteiger partial charge in [0, 0.05) is 25.4 Å². The Morgan fingerprint density at radius 2 is 2.44 bits per heavy atom. The van der Waals surface area contributed by atoms with Gasteiger partial charge in [0.15, 0.2) is 0 Å². The zero-order valence-corrected chi connectivity index (χ0v) is 11.2. The van der Waals surface area contributed by atoms with Crippen LogP contribution < -0.4 is 5.32 Å². The molecule has 96 valence electrons. The Morgan fingerprint density at radius 3 is 3.17 bits per heavy atom. The highest BCUT2D eigenvalue weighted by atomic mass is 32.1. The fourth-order valence-electron chi connectivity index (χ4n) is 1.79. The number of nitrogens with one attached hydrogen (secondary N) is 2. The summed E-state index contributed by atoms with van der Waals surface area (Å²) < 4.78 is 0. The van der Waals surface area contributed by atoms with E-state index in [2.05, 4.69) is 22.2 Å². The molecule has 0 spiro atoms. The zero-order chi connectivity index (χ0) is 12.8. The SMILES string of the molecule is CCc1ccsc1C(=O)NCCCc1ncc[nH]1. The highest BCUT2D eigenvalue weighted by molar-refractivity contribution is 7.12. The van der Waals surface area contributed by atoms with Crippen LogP contribution in [0.5, 0.6) is 0 Å². The van der Waals surface area contributed by atoms with E-state index in [-0.39, 0.29) is 5.91 Å². The molecule has 0 fully saturated rings. The molecule has 0 aliphatic carbocycles. The molecule has 2 N–H and O–H groups in total. The fraction of sp³-hybridized carbons (Fsp3) is 0.385. The minimum absolute atomic E-state index is 0.0429. The number of hydrogen-bond acceptors (Lipinski definition) is 3. The molecular formula is C13H17N3OS. The van der Waals surface area contributed by atoms with E-state index in [4.69, 9.17) is 0 Å². The number of aromatic nitrogens is 2. The third kappa shape index (κ3) is 3.20. The third-order valence-electron chi connectivity index (χ3n) is 2.76. The van der Waals surface area contributed by atoms with E-state index in [0.29, 0.717) is 6.54 Å². The molecule has 2 heterocycles. The molecule has 18 heavy (non-hydrogen) atoms. The van der Waals surface area contributed by atoms with Crippen LogP contribution in [0, 0.1) is 0 Å². The number of amides is 1. The fourth-order valence-corrected chi connectivity index (χ4v) is 2.70. The molecule has 0 radical (unpaired) electrons. The lowest BCUT2D eigenvalue weighted by Crippen LogP contribution is -2.24. The van der Waals surface area contributed by atoms with Gasteiger partial charge in [-0.1, -0.05) is 6.92 Å². The topological polar surface area (TPSA) is 57.8 Å². The first-order chi connectivity index (χ1) is 8.81. The van der Waals surface area contributed by atoms with E-state index in [1.807, 2.05) is 17.6 Å². The van der Waals surface area contributed by atoms with Crippen LogP contribution in [0.15, 0.2) is 23.8 Å². The van der Waals surface area contributed by atoms with Gasteiger partial charge in [0.1, 0.15) is 5.82 Å². The van der Waals surface area contributed by atoms with Gasteiger partial charge in [0.2, 0.25) is 0 Å². The van der Waals surface area contributed by atoms with Crippen molar-refractivity contribution in [3.8, 4) is 0 Å². The summed E-state index contributed by atoms with van der Waals surface area (Å²) in [5, 5.41) is 4.92. The second kappa shape index (κ2) is 6.35. The number of hydrogen-bond donors (Lipinski definition) is 2. The molecule has 0 bridgehead atoms. The molecule has 5 heteroatoms. The van der Waals surface area contributed by atoms with Crippen molar-refractivity contribution in [2.45, 2.75) is 26.2 Å². The van der Waals surface area contributed by atoms with Crippen LogP contribution in [0.1, 0.15) is 34.4 Å². The summed E-state index contributed by atoms with van der Waals surface area (Å²) in [5.41, 5.74) is 1.13. The average Bonchev–Trinajstić information content (AvgIpc) is 3.04. The van der Waals surface area contributed by atoms with Crippen molar-refractivity contribution in [2.75, 3.05) is 6.54 Å². The summed E-state index contributed by atoms with van der Waals surface area (Å²) in [6.45, 7) is 2.75. The van der Waals surface area contributed by atoms with E-state index in [1.54, 1.807) is 6.20 Å². The number of nitrogens with zero attached hydrogens (tertiary/aromatic N) is 1. The lowest BCUT2D eigenvalue weighted by atomic mass is 10.2. The summed E-state index contributed by atoms with van der Waals surface area (Å²) in [7, 11) is 0. The molecule has 0 aromatic carbocycles. The first-order valence-corrected chi connectivity index (χ1v) is 7.02. The molecule has 1 amide bonds. The Labute approximate surface area is 110 Å². The van der Waals surface area contributed by atoms with E-state index >= 15 is 0 Å². The number of rotatable bonds is 6. The van der Waals surface area contributed by atoms with Crippen LogP contribution in [0.25, 0.3) is 0 Å². The summed E-state index contributed by atoms with van der Waals surface area (Å²) >= 11 is 1.51. The lowest BCUT2D eigenvalue weighted by Gasteiger charge is -2.04. The molecule has 4 nitrogen and oxygen atoms in total. The second-order valence-corrected chi connectivity index (χ2v) is 4.94. The maximum Gasteiger partial charge on any atom is 0.261 e. The predicted molar refractivity (Wildman–Crippen MR) is 72.9 cm³/mol. The Balaban J connectivity index is 1.75. The van der Waals surface area contributed by atoms with Gasteiger partial charge in [0.25, 0.3) is 5.91 Å². The average molecular weight is 263 g/mol. The normalized spacial score (nSPS) is 10.5. The summed E-state index contributed by atoms with van der Waals surface area (Å²) in [4.78, 5) is 20.0. The van der Waals surface area contributed by atoms with Crippen molar-refractivity contribution in [1.82, 2.24) is 15.3 Å². The Bertz CT molecular complexity index is 490. The van der Waals surface area contributed by atoms with Gasteiger partial charge in [-0.25, -0.2) is 4.98 Å². The predicted octanol–water partition coefficient (Wildman–Crippen LogP) is 2.40. The molecule has 0 aliphatic rings. The number of aromatic amines is 1. The van der Waals surface area contributed by atoms with Crippen molar-refractivity contribution in [3.05, 3.63) is 40.1 Å². The van der Waals surface area contributed by atoms with Gasteiger partial charge in [-0.15, -0.1) is 11.3 Å². The number of carbonyl (C=O) groups excluding carboxylic acids is 1. The first kappa shape index (κ1) is 12.8. The van der Waals surface area contributed by atoms with Gasteiger partial charge in [-0.05, 0) is 29.9 Å². The van der Waals surface area contributed by atoms with Crippen LogP contribution in [0.2, 0.25) is 0 Å². The van der Waals surface area contributed by atoms with Crippen molar-refractivity contribution < 1.29 is 4.79 Å². The van der Waals surface area contributed by atoms with E-state index in [1.165, 1.54) is 11.3 Å².